The molecule has 0 bridgehead atoms. The highest BCUT2D eigenvalue weighted by molar-refractivity contribution is 5.82. The zero-order chi connectivity index (χ0) is 14.7. The van der Waals surface area contributed by atoms with Crippen molar-refractivity contribution in [2.45, 2.75) is 45.6 Å². The molecular formula is C15H27N3O2. The molecule has 114 valence electrons. The van der Waals surface area contributed by atoms with Gasteiger partial charge in [-0.15, -0.1) is 0 Å². The van der Waals surface area contributed by atoms with Gasteiger partial charge in [0.15, 0.2) is 0 Å². The van der Waals surface area contributed by atoms with Gasteiger partial charge in [0.2, 0.25) is 11.8 Å². The molecule has 0 aromatic carbocycles. The average molecular weight is 281 g/mol. The summed E-state index contributed by atoms with van der Waals surface area (Å²) in [5.41, 5.74) is 5.63. The maximum Gasteiger partial charge on any atom is 0.239 e. The van der Waals surface area contributed by atoms with E-state index in [1.54, 1.807) is 11.8 Å². The van der Waals surface area contributed by atoms with E-state index in [0.29, 0.717) is 24.9 Å². The van der Waals surface area contributed by atoms with E-state index < -0.39 is 6.04 Å². The summed E-state index contributed by atoms with van der Waals surface area (Å²) >= 11 is 0. The molecule has 2 aliphatic heterocycles. The highest BCUT2D eigenvalue weighted by Gasteiger charge is 2.32. The van der Waals surface area contributed by atoms with Crippen molar-refractivity contribution in [1.29, 1.82) is 0 Å². The van der Waals surface area contributed by atoms with Gasteiger partial charge in [-0.05, 0) is 38.5 Å². The predicted octanol–water partition coefficient (Wildman–Crippen LogP) is 0.831. The number of carbonyl (C=O) groups is 2. The number of hydrogen-bond donors (Lipinski definition) is 1. The first-order valence-electron chi connectivity index (χ1n) is 7.82. The van der Waals surface area contributed by atoms with Gasteiger partial charge >= 0.3 is 0 Å². The molecule has 0 aromatic heterocycles. The van der Waals surface area contributed by atoms with E-state index in [4.69, 9.17) is 5.73 Å². The summed E-state index contributed by atoms with van der Waals surface area (Å²) in [4.78, 5) is 28.2. The molecule has 1 unspecified atom stereocenters. The van der Waals surface area contributed by atoms with Gasteiger partial charge in [-0.25, -0.2) is 0 Å². The minimum absolute atomic E-state index is 0.00231. The second kappa shape index (κ2) is 6.57. The van der Waals surface area contributed by atoms with Crippen LogP contribution in [0.1, 0.15) is 39.5 Å². The first kappa shape index (κ1) is 15.3. The van der Waals surface area contributed by atoms with Crippen molar-refractivity contribution in [1.82, 2.24) is 9.80 Å². The van der Waals surface area contributed by atoms with Crippen molar-refractivity contribution >= 4 is 11.8 Å². The molecule has 2 aliphatic rings. The Bertz CT molecular complexity index is 362. The summed E-state index contributed by atoms with van der Waals surface area (Å²) in [6, 6.07) is -0.440. The van der Waals surface area contributed by atoms with Crippen LogP contribution in [0.2, 0.25) is 0 Å². The SMILES string of the molecule is CC1CCCN(C(=O)C2CCN(C(=O)[C@@H](C)N)CC2)C1. The molecule has 0 aromatic rings. The molecule has 0 spiro atoms. The normalized spacial score (nSPS) is 26.4. The molecule has 0 saturated carbocycles. The van der Waals surface area contributed by atoms with Gasteiger partial charge in [0.25, 0.3) is 0 Å². The van der Waals surface area contributed by atoms with E-state index in [1.807, 2.05) is 4.90 Å². The fourth-order valence-electron chi connectivity index (χ4n) is 3.28. The molecule has 5 nitrogen and oxygen atoms in total. The van der Waals surface area contributed by atoms with Crippen molar-refractivity contribution in [3.05, 3.63) is 0 Å². The minimum Gasteiger partial charge on any atom is -0.342 e. The molecule has 2 rings (SSSR count). The van der Waals surface area contributed by atoms with Gasteiger partial charge in [0, 0.05) is 32.1 Å². The van der Waals surface area contributed by atoms with Crippen molar-refractivity contribution in [3.63, 3.8) is 0 Å². The smallest absolute Gasteiger partial charge is 0.239 e. The van der Waals surface area contributed by atoms with Gasteiger partial charge < -0.3 is 15.5 Å². The predicted molar refractivity (Wildman–Crippen MR) is 77.9 cm³/mol. The van der Waals surface area contributed by atoms with E-state index in [0.717, 1.165) is 32.4 Å². The van der Waals surface area contributed by atoms with Crippen LogP contribution in [0.25, 0.3) is 0 Å². The van der Waals surface area contributed by atoms with Gasteiger partial charge in [0.05, 0.1) is 6.04 Å². The number of likely N-dealkylation sites (tertiary alicyclic amines) is 2. The van der Waals surface area contributed by atoms with Crippen molar-refractivity contribution < 1.29 is 9.59 Å². The monoisotopic (exact) mass is 281 g/mol. The summed E-state index contributed by atoms with van der Waals surface area (Å²) < 4.78 is 0. The lowest BCUT2D eigenvalue weighted by molar-refractivity contribution is -0.142. The van der Waals surface area contributed by atoms with Gasteiger partial charge in [-0.2, -0.15) is 0 Å². The summed E-state index contributed by atoms with van der Waals surface area (Å²) in [6.07, 6.45) is 3.91. The van der Waals surface area contributed by atoms with Crippen LogP contribution in [0.3, 0.4) is 0 Å². The summed E-state index contributed by atoms with van der Waals surface area (Å²) in [6.45, 7) is 7.07. The maximum atomic E-state index is 12.5. The van der Waals surface area contributed by atoms with Crippen LogP contribution in [0.5, 0.6) is 0 Å². The van der Waals surface area contributed by atoms with Crippen LogP contribution in [-0.2, 0) is 9.59 Å². The lowest BCUT2D eigenvalue weighted by Gasteiger charge is -2.37. The Balaban J connectivity index is 1.84. The molecule has 2 heterocycles. The second-order valence-corrected chi connectivity index (χ2v) is 6.42. The Labute approximate surface area is 121 Å². The van der Waals surface area contributed by atoms with E-state index in [1.165, 1.54) is 6.42 Å². The van der Waals surface area contributed by atoms with Crippen LogP contribution in [0.15, 0.2) is 0 Å². The average Bonchev–Trinajstić information content (AvgIpc) is 2.46. The number of piperidine rings is 2. The zero-order valence-electron chi connectivity index (χ0n) is 12.7. The fourth-order valence-corrected chi connectivity index (χ4v) is 3.28. The first-order valence-corrected chi connectivity index (χ1v) is 7.82. The molecule has 5 heteroatoms. The van der Waals surface area contributed by atoms with Crippen LogP contribution >= 0.6 is 0 Å². The molecular weight excluding hydrogens is 254 g/mol. The molecule has 20 heavy (non-hydrogen) atoms. The quantitative estimate of drug-likeness (QED) is 0.815. The fraction of sp³-hybridized carbons (Fsp3) is 0.867. The van der Waals surface area contributed by atoms with Gasteiger partial charge in [-0.3, -0.25) is 9.59 Å². The third kappa shape index (κ3) is 3.51. The molecule has 2 fully saturated rings. The van der Waals surface area contributed by atoms with E-state index in [9.17, 15) is 9.59 Å². The Kier molecular flexibility index (Phi) is 5.02. The van der Waals surface area contributed by atoms with E-state index in [-0.39, 0.29) is 11.8 Å². The summed E-state index contributed by atoms with van der Waals surface area (Å²) in [5.74, 6) is 1.01. The Morgan fingerprint density at radius 3 is 2.30 bits per heavy atom. The lowest BCUT2D eigenvalue weighted by Crippen LogP contribution is -2.49. The van der Waals surface area contributed by atoms with Crippen LogP contribution in [0.4, 0.5) is 0 Å². The third-order valence-electron chi connectivity index (χ3n) is 4.51. The number of nitrogens with zero attached hydrogens (tertiary/aromatic N) is 2. The van der Waals surface area contributed by atoms with Gasteiger partial charge in [0.1, 0.15) is 0 Å². The minimum atomic E-state index is -0.440. The molecule has 0 radical (unpaired) electrons. The maximum absolute atomic E-state index is 12.5. The number of carbonyl (C=O) groups excluding carboxylic acids is 2. The first-order chi connectivity index (χ1) is 9.49. The van der Waals surface area contributed by atoms with E-state index in [2.05, 4.69) is 6.92 Å². The van der Waals surface area contributed by atoms with Crippen LogP contribution in [-0.4, -0.2) is 53.8 Å². The molecule has 2 saturated heterocycles. The Morgan fingerprint density at radius 2 is 1.75 bits per heavy atom. The summed E-state index contributed by atoms with van der Waals surface area (Å²) in [5, 5.41) is 0. The van der Waals surface area contributed by atoms with Crippen molar-refractivity contribution in [2.75, 3.05) is 26.2 Å². The molecule has 2 atom stereocenters. The second-order valence-electron chi connectivity index (χ2n) is 6.42. The Hall–Kier alpha value is -1.10. The topological polar surface area (TPSA) is 66.6 Å². The highest BCUT2D eigenvalue weighted by atomic mass is 16.2. The van der Waals surface area contributed by atoms with Crippen molar-refractivity contribution in [2.24, 2.45) is 17.6 Å². The number of hydrogen-bond acceptors (Lipinski definition) is 3. The summed E-state index contributed by atoms with van der Waals surface area (Å²) in [7, 11) is 0. The lowest BCUT2D eigenvalue weighted by atomic mass is 9.92. The number of nitrogens with two attached hydrogens (primary N) is 1. The molecule has 2 amide bonds. The highest BCUT2D eigenvalue weighted by Crippen LogP contribution is 2.23. The number of rotatable bonds is 2. The van der Waals surface area contributed by atoms with Crippen LogP contribution < -0.4 is 5.73 Å². The molecule has 0 aliphatic carbocycles. The van der Waals surface area contributed by atoms with Crippen molar-refractivity contribution in [3.8, 4) is 0 Å². The number of amides is 2. The van der Waals surface area contributed by atoms with Gasteiger partial charge in [-0.1, -0.05) is 6.92 Å². The largest absolute Gasteiger partial charge is 0.342 e. The van der Waals surface area contributed by atoms with Crippen LogP contribution in [0, 0.1) is 11.8 Å². The zero-order valence-corrected chi connectivity index (χ0v) is 12.7. The standard InChI is InChI=1S/C15H27N3O2/c1-11-4-3-7-18(10-11)15(20)13-5-8-17(9-6-13)14(19)12(2)16/h11-13H,3-10,16H2,1-2H3/t11?,12-/m1/s1. The van der Waals surface area contributed by atoms with E-state index >= 15 is 0 Å². The third-order valence-corrected chi connectivity index (χ3v) is 4.51. The molecule has 2 N–H and O–H groups in total. The Morgan fingerprint density at radius 1 is 1.10 bits per heavy atom.